The molecule has 5 aromatic rings. The summed E-state index contributed by atoms with van der Waals surface area (Å²) in [4.78, 5) is 0. The lowest BCUT2D eigenvalue weighted by molar-refractivity contribution is 1.58. The van der Waals surface area contributed by atoms with Crippen LogP contribution in [0.15, 0.2) is 110 Å². The summed E-state index contributed by atoms with van der Waals surface area (Å²) in [5, 5.41) is 5.03. The lowest BCUT2D eigenvalue weighted by Crippen LogP contribution is -1.90. The van der Waals surface area contributed by atoms with E-state index in [9.17, 15) is 0 Å². The summed E-state index contributed by atoms with van der Waals surface area (Å²) in [5.74, 6) is 0. The molecular weight excluding hydrogens is 336 g/mol. The summed E-state index contributed by atoms with van der Waals surface area (Å²) < 4.78 is 0. The summed E-state index contributed by atoms with van der Waals surface area (Å²) in [5.41, 5.74) is 6.07. The maximum absolute atomic E-state index is 4.06. The van der Waals surface area contributed by atoms with E-state index in [1.165, 1.54) is 43.8 Å². The summed E-state index contributed by atoms with van der Waals surface area (Å²) in [7, 11) is 0. The molecule has 0 aliphatic rings. The van der Waals surface area contributed by atoms with Crippen LogP contribution in [0.1, 0.15) is 5.56 Å². The third-order valence-electron chi connectivity index (χ3n) is 5.42. The van der Waals surface area contributed by atoms with Crippen LogP contribution >= 0.6 is 0 Å². The fourth-order valence-electron chi connectivity index (χ4n) is 4.00. The average Bonchev–Trinajstić information content (AvgIpc) is 2.78. The van der Waals surface area contributed by atoms with Crippen molar-refractivity contribution in [2.24, 2.45) is 0 Å². The van der Waals surface area contributed by atoms with E-state index in [2.05, 4.69) is 110 Å². The Morgan fingerprint density at radius 1 is 0.500 bits per heavy atom. The van der Waals surface area contributed by atoms with Gasteiger partial charge in [-0.1, -0.05) is 104 Å². The van der Waals surface area contributed by atoms with Gasteiger partial charge in [0.2, 0.25) is 0 Å². The highest BCUT2D eigenvalue weighted by atomic mass is 14.2. The fourth-order valence-corrected chi connectivity index (χ4v) is 4.00. The summed E-state index contributed by atoms with van der Waals surface area (Å²) in [6.45, 7) is 4.06. The molecule has 0 atom stereocenters. The third kappa shape index (κ3) is 2.80. The van der Waals surface area contributed by atoms with Crippen LogP contribution in [0.25, 0.3) is 49.9 Å². The highest BCUT2D eigenvalue weighted by Gasteiger charge is 2.12. The zero-order chi connectivity index (χ0) is 18.9. The van der Waals surface area contributed by atoms with Gasteiger partial charge in [-0.3, -0.25) is 0 Å². The molecule has 0 nitrogen and oxygen atoms in total. The Balaban J connectivity index is 1.77. The molecule has 0 heteroatoms. The van der Waals surface area contributed by atoms with Crippen LogP contribution in [0, 0.1) is 0 Å². The summed E-state index contributed by atoms with van der Waals surface area (Å²) in [6.07, 6.45) is 1.95. The van der Waals surface area contributed by atoms with Crippen LogP contribution < -0.4 is 0 Å². The van der Waals surface area contributed by atoms with Crippen LogP contribution in [-0.2, 0) is 0 Å². The van der Waals surface area contributed by atoms with Crippen molar-refractivity contribution in [2.75, 3.05) is 0 Å². The number of rotatable bonds is 3. The third-order valence-corrected chi connectivity index (χ3v) is 5.42. The van der Waals surface area contributed by atoms with Crippen molar-refractivity contribution in [1.82, 2.24) is 0 Å². The molecule has 0 heterocycles. The van der Waals surface area contributed by atoms with Crippen LogP contribution in [0.5, 0.6) is 0 Å². The molecule has 28 heavy (non-hydrogen) atoms. The Morgan fingerprint density at radius 2 is 1.07 bits per heavy atom. The van der Waals surface area contributed by atoms with E-state index in [4.69, 9.17) is 0 Å². The predicted octanol–water partition coefficient (Wildman–Crippen LogP) is 7.97. The Hall–Kier alpha value is -3.64. The van der Waals surface area contributed by atoms with Crippen LogP contribution in [0.3, 0.4) is 0 Å². The molecule has 0 bridgehead atoms. The number of benzene rings is 5. The van der Waals surface area contributed by atoms with E-state index in [-0.39, 0.29) is 0 Å². The molecule has 5 aromatic carbocycles. The molecule has 0 fully saturated rings. The van der Waals surface area contributed by atoms with Crippen molar-refractivity contribution in [1.29, 1.82) is 0 Å². The molecule has 0 amide bonds. The van der Waals surface area contributed by atoms with Gasteiger partial charge < -0.3 is 0 Å². The lowest BCUT2D eigenvalue weighted by atomic mass is 9.89. The van der Waals surface area contributed by atoms with Crippen LogP contribution in [0.2, 0.25) is 0 Å². The molecule has 0 aromatic heterocycles. The van der Waals surface area contributed by atoms with Gasteiger partial charge in [-0.05, 0) is 61.5 Å². The molecule has 0 radical (unpaired) electrons. The number of hydrogen-bond acceptors (Lipinski definition) is 0. The lowest BCUT2D eigenvalue weighted by Gasteiger charge is -2.15. The second-order valence-corrected chi connectivity index (χ2v) is 7.10. The Bertz CT molecular complexity index is 1320. The normalized spacial score (nSPS) is 11.0. The second-order valence-electron chi connectivity index (χ2n) is 7.10. The van der Waals surface area contributed by atoms with Gasteiger partial charge in [0.15, 0.2) is 0 Å². The van der Waals surface area contributed by atoms with Crippen molar-refractivity contribution >= 4 is 27.6 Å². The molecular formula is C28H20. The van der Waals surface area contributed by atoms with E-state index >= 15 is 0 Å². The van der Waals surface area contributed by atoms with Crippen molar-refractivity contribution in [3.63, 3.8) is 0 Å². The monoisotopic (exact) mass is 356 g/mol. The smallest absolute Gasteiger partial charge is 0.00328 e. The maximum Gasteiger partial charge on any atom is -0.00328 e. The standard InChI is InChI=1S/C28H20/c1-2-20-12-7-13-27(25-16-14-21-8-3-5-10-23(21)18-25)28(20)26-17-15-22-9-4-6-11-24(22)19-26/h2-19H,1H2. The molecule has 0 N–H and O–H groups in total. The second kappa shape index (κ2) is 6.83. The van der Waals surface area contributed by atoms with Crippen LogP contribution in [0.4, 0.5) is 0 Å². The van der Waals surface area contributed by atoms with Gasteiger partial charge in [-0.25, -0.2) is 0 Å². The quantitative estimate of drug-likeness (QED) is 0.307. The molecule has 0 saturated heterocycles. The number of hydrogen-bond donors (Lipinski definition) is 0. The maximum atomic E-state index is 4.06. The summed E-state index contributed by atoms with van der Waals surface area (Å²) in [6, 6.07) is 36.9. The average molecular weight is 356 g/mol. The van der Waals surface area contributed by atoms with Gasteiger partial charge in [0.05, 0.1) is 0 Å². The highest BCUT2D eigenvalue weighted by molar-refractivity contribution is 5.96. The minimum atomic E-state index is 1.15. The van der Waals surface area contributed by atoms with E-state index in [1.807, 2.05) is 6.08 Å². The molecule has 0 aliphatic carbocycles. The van der Waals surface area contributed by atoms with Crippen molar-refractivity contribution < 1.29 is 0 Å². The Labute approximate surface area is 165 Å². The van der Waals surface area contributed by atoms with Crippen LogP contribution in [-0.4, -0.2) is 0 Å². The SMILES string of the molecule is C=Cc1cccc(-c2ccc3ccccc3c2)c1-c1ccc2ccccc2c1. The van der Waals surface area contributed by atoms with E-state index in [0.29, 0.717) is 0 Å². The first-order valence-electron chi connectivity index (χ1n) is 9.57. The summed E-state index contributed by atoms with van der Waals surface area (Å²) >= 11 is 0. The van der Waals surface area contributed by atoms with Crippen molar-refractivity contribution in [2.45, 2.75) is 0 Å². The van der Waals surface area contributed by atoms with Crippen molar-refractivity contribution in [3.05, 3.63) is 115 Å². The zero-order valence-corrected chi connectivity index (χ0v) is 15.6. The van der Waals surface area contributed by atoms with E-state index < -0.39 is 0 Å². The first-order valence-corrected chi connectivity index (χ1v) is 9.57. The first kappa shape index (κ1) is 16.5. The molecule has 0 spiro atoms. The highest BCUT2D eigenvalue weighted by Crippen LogP contribution is 2.37. The molecule has 0 unspecified atom stereocenters. The van der Waals surface area contributed by atoms with E-state index in [0.717, 1.165) is 5.56 Å². The molecule has 132 valence electrons. The van der Waals surface area contributed by atoms with Gasteiger partial charge in [0, 0.05) is 0 Å². The molecule has 5 rings (SSSR count). The molecule has 0 saturated carbocycles. The number of fused-ring (bicyclic) bond motifs is 2. The van der Waals surface area contributed by atoms with Gasteiger partial charge in [-0.15, -0.1) is 0 Å². The zero-order valence-electron chi connectivity index (χ0n) is 15.6. The Kier molecular flexibility index (Phi) is 4.03. The van der Waals surface area contributed by atoms with Crippen molar-refractivity contribution in [3.8, 4) is 22.3 Å². The first-order chi connectivity index (χ1) is 13.8. The Morgan fingerprint density at radius 3 is 1.71 bits per heavy atom. The molecule has 0 aliphatic heterocycles. The minimum absolute atomic E-state index is 1.15. The predicted molar refractivity (Wildman–Crippen MR) is 122 cm³/mol. The van der Waals surface area contributed by atoms with E-state index in [1.54, 1.807) is 0 Å². The van der Waals surface area contributed by atoms with Gasteiger partial charge in [0.1, 0.15) is 0 Å². The topological polar surface area (TPSA) is 0 Å². The minimum Gasteiger partial charge on any atom is -0.0984 e. The fraction of sp³-hybridized carbons (Fsp3) is 0. The largest absolute Gasteiger partial charge is 0.0984 e. The van der Waals surface area contributed by atoms with Gasteiger partial charge in [-0.2, -0.15) is 0 Å². The van der Waals surface area contributed by atoms with Gasteiger partial charge in [0.25, 0.3) is 0 Å². The van der Waals surface area contributed by atoms with Gasteiger partial charge >= 0.3 is 0 Å².